The van der Waals surface area contributed by atoms with Crippen LogP contribution in [0.25, 0.3) is 0 Å². The fourth-order valence-electron chi connectivity index (χ4n) is 1.25. The molecule has 1 N–H and O–H groups in total. The first-order valence-electron chi connectivity index (χ1n) is 5.37. The van der Waals surface area contributed by atoms with E-state index in [0.29, 0.717) is 18.2 Å². The Bertz CT molecular complexity index is 318. The first-order valence-corrected chi connectivity index (χ1v) is 5.37. The van der Waals surface area contributed by atoms with Crippen molar-refractivity contribution in [2.75, 3.05) is 6.54 Å². The van der Waals surface area contributed by atoms with Gasteiger partial charge in [0.15, 0.2) is 5.69 Å². The largest absolute Gasteiger partial charge is 0.361 e. The van der Waals surface area contributed by atoms with E-state index in [1.165, 1.54) is 0 Å². The Labute approximate surface area is 90.0 Å². The lowest BCUT2D eigenvalue weighted by atomic mass is 10.1. The number of carbonyl (C=O) groups excluding carboxylic acids is 1. The van der Waals surface area contributed by atoms with Gasteiger partial charge in [-0.25, -0.2) is 0 Å². The predicted molar refractivity (Wildman–Crippen MR) is 57.7 cm³/mol. The third-order valence-corrected chi connectivity index (χ3v) is 1.94. The number of rotatable bonds is 5. The Morgan fingerprint density at radius 2 is 2.33 bits per heavy atom. The summed E-state index contributed by atoms with van der Waals surface area (Å²) >= 11 is 0. The smallest absolute Gasteiger partial charge is 0.273 e. The summed E-state index contributed by atoms with van der Waals surface area (Å²) in [7, 11) is 0. The zero-order valence-corrected chi connectivity index (χ0v) is 9.54. The summed E-state index contributed by atoms with van der Waals surface area (Å²) in [6.07, 6.45) is 1.73. The minimum atomic E-state index is -0.157. The lowest BCUT2D eigenvalue weighted by Gasteiger charge is -1.98. The van der Waals surface area contributed by atoms with Crippen LogP contribution in [0.1, 0.15) is 43.4 Å². The number of amides is 1. The summed E-state index contributed by atoms with van der Waals surface area (Å²) in [6, 6.07) is 1.71. The molecule has 0 unspecified atom stereocenters. The van der Waals surface area contributed by atoms with E-state index < -0.39 is 0 Å². The van der Waals surface area contributed by atoms with E-state index in [4.69, 9.17) is 4.52 Å². The average molecular weight is 210 g/mol. The second-order valence-electron chi connectivity index (χ2n) is 4.03. The van der Waals surface area contributed by atoms with Crippen molar-refractivity contribution in [3.05, 3.63) is 17.5 Å². The van der Waals surface area contributed by atoms with Crippen LogP contribution in [0.2, 0.25) is 0 Å². The van der Waals surface area contributed by atoms with Crippen LogP contribution in [-0.4, -0.2) is 17.6 Å². The zero-order valence-electron chi connectivity index (χ0n) is 9.54. The maximum absolute atomic E-state index is 11.5. The van der Waals surface area contributed by atoms with Gasteiger partial charge in [-0.2, -0.15) is 0 Å². The van der Waals surface area contributed by atoms with Gasteiger partial charge in [-0.15, -0.1) is 0 Å². The van der Waals surface area contributed by atoms with Gasteiger partial charge in [0.1, 0.15) is 5.76 Å². The number of hydrogen-bond acceptors (Lipinski definition) is 3. The third kappa shape index (κ3) is 3.73. The van der Waals surface area contributed by atoms with E-state index in [0.717, 1.165) is 18.6 Å². The SMILES string of the molecule is CCCNC(=O)c1cc(CC(C)C)on1. The lowest BCUT2D eigenvalue weighted by molar-refractivity contribution is 0.0944. The highest BCUT2D eigenvalue weighted by atomic mass is 16.5. The molecule has 84 valence electrons. The van der Waals surface area contributed by atoms with Crippen LogP contribution in [0.15, 0.2) is 10.6 Å². The van der Waals surface area contributed by atoms with Crippen LogP contribution in [0, 0.1) is 5.92 Å². The van der Waals surface area contributed by atoms with Crippen LogP contribution >= 0.6 is 0 Å². The number of hydrogen-bond donors (Lipinski definition) is 1. The minimum Gasteiger partial charge on any atom is -0.361 e. The Morgan fingerprint density at radius 3 is 2.93 bits per heavy atom. The summed E-state index contributed by atoms with van der Waals surface area (Å²) < 4.78 is 5.07. The number of nitrogens with zero attached hydrogens (tertiary/aromatic N) is 1. The van der Waals surface area contributed by atoms with Gasteiger partial charge < -0.3 is 9.84 Å². The van der Waals surface area contributed by atoms with Crippen molar-refractivity contribution in [1.82, 2.24) is 10.5 Å². The van der Waals surface area contributed by atoms with Gasteiger partial charge in [0.25, 0.3) is 5.91 Å². The summed E-state index contributed by atoms with van der Waals surface area (Å²) in [4.78, 5) is 11.5. The Hall–Kier alpha value is -1.32. The van der Waals surface area contributed by atoms with Crippen molar-refractivity contribution < 1.29 is 9.32 Å². The Balaban J connectivity index is 2.55. The van der Waals surface area contributed by atoms with E-state index in [1.54, 1.807) is 6.07 Å². The van der Waals surface area contributed by atoms with Gasteiger partial charge in [0.2, 0.25) is 0 Å². The third-order valence-electron chi connectivity index (χ3n) is 1.94. The van der Waals surface area contributed by atoms with Gasteiger partial charge in [0, 0.05) is 19.0 Å². The van der Waals surface area contributed by atoms with E-state index in [9.17, 15) is 4.79 Å². The molecule has 0 bridgehead atoms. The fourth-order valence-corrected chi connectivity index (χ4v) is 1.25. The van der Waals surface area contributed by atoms with Crippen molar-refractivity contribution in [2.24, 2.45) is 5.92 Å². The summed E-state index contributed by atoms with van der Waals surface area (Å²) in [5.74, 6) is 1.12. The zero-order chi connectivity index (χ0) is 11.3. The van der Waals surface area contributed by atoms with Crippen molar-refractivity contribution in [2.45, 2.75) is 33.6 Å². The molecule has 0 spiro atoms. The van der Waals surface area contributed by atoms with Crippen LogP contribution in [0.5, 0.6) is 0 Å². The highest BCUT2D eigenvalue weighted by Gasteiger charge is 2.12. The standard InChI is InChI=1S/C11H18N2O2/c1-4-5-12-11(14)10-7-9(15-13-10)6-8(2)3/h7-8H,4-6H2,1-3H3,(H,12,14). The first kappa shape index (κ1) is 11.8. The van der Waals surface area contributed by atoms with Crippen molar-refractivity contribution in [3.8, 4) is 0 Å². The molecule has 0 fully saturated rings. The number of aromatic nitrogens is 1. The summed E-state index contributed by atoms with van der Waals surface area (Å²) in [5, 5.41) is 6.49. The molecule has 0 saturated heterocycles. The molecule has 1 heterocycles. The maximum Gasteiger partial charge on any atom is 0.273 e. The van der Waals surface area contributed by atoms with Gasteiger partial charge in [-0.05, 0) is 12.3 Å². The minimum absolute atomic E-state index is 0.157. The molecule has 4 nitrogen and oxygen atoms in total. The average Bonchev–Trinajstić information content (AvgIpc) is 2.61. The van der Waals surface area contributed by atoms with Crippen molar-refractivity contribution in [3.63, 3.8) is 0 Å². The molecule has 0 saturated carbocycles. The molecular formula is C11H18N2O2. The van der Waals surface area contributed by atoms with E-state index in [1.807, 2.05) is 6.92 Å². The number of nitrogens with one attached hydrogen (secondary N) is 1. The van der Waals surface area contributed by atoms with Gasteiger partial charge in [-0.1, -0.05) is 25.9 Å². The van der Waals surface area contributed by atoms with E-state index >= 15 is 0 Å². The summed E-state index contributed by atoms with van der Waals surface area (Å²) in [6.45, 7) is 6.87. The molecule has 15 heavy (non-hydrogen) atoms. The van der Waals surface area contributed by atoms with Crippen LogP contribution in [-0.2, 0) is 6.42 Å². The molecule has 1 aromatic rings. The topological polar surface area (TPSA) is 55.1 Å². The molecule has 4 heteroatoms. The van der Waals surface area contributed by atoms with Gasteiger partial charge in [-0.3, -0.25) is 4.79 Å². The van der Waals surface area contributed by atoms with Crippen LogP contribution in [0.3, 0.4) is 0 Å². The molecule has 0 radical (unpaired) electrons. The molecule has 0 atom stereocenters. The maximum atomic E-state index is 11.5. The van der Waals surface area contributed by atoms with E-state index in [-0.39, 0.29) is 5.91 Å². The van der Waals surface area contributed by atoms with Crippen molar-refractivity contribution >= 4 is 5.91 Å². The van der Waals surface area contributed by atoms with Crippen molar-refractivity contribution in [1.29, 1.82) is 0 Å². The van der Waals surface area contributed by atoms with Crippen LogP contribution < -0.4 is 5.32 Å². The quantitative estimate of drug-likeness (QED) is 0.808. The Kier molecular flexibility index (Phi) is 4.34. The molecule has 0 aliphatic heterocycles. The fraction of sp³-hybridized carbons (Fsp3) is 0.636. The molecular weight excluding hydrogens is 192 g/mol. The first-order chi connectivity index (χ1) is 7.13. The normalized spacial score (nSPS) is 10.7. The second-order valence-corrected chi connectivity index (χ2v) is 4.03. The highest BCUT2D eigenvalue weighted by molar-refractivity contribution is 5.92. The lowest BCUT2D eigenvalue weighted by Crippen LogP contribution is -2.24. The molecule has 0 aromatic carbocycles. The van der Waals surface area contributed by atoms with Gasteiger partial charge in [0.05, 0.1) is 0 Å². The second kappa shape index (κ2) is 5.53. The highest BCUT2D eigenvalue weighted by Crippen LogP contribution is 2.09. The predicted octanol–water partition coefficient (Wildman–Crippen LogP) is 2.01. The molecule has 0 aliphatic carbocycles. The number of carbonyl (C=O) groups is 1. The monoisotopic (exact) mass is 210 g/mol. The molecule has 1 amide bonds. The Morgan fingerprint density at radius 1 is 1.60 bits per heavy atom. The molecule has 0 aliphatic rings. The molecule has 1 aromatic heterocycles. The van der Waals surface area contributed by atoms with E-state index in [2.05, 4.69) is 24.3 Å². The van der Waals surface area contributed by atoms with Crippen LogP contribution in [0.4, 0.5) is 0 Å². The summed E-state index contributed by atoms with van der Waals surface area (Å²) in [5.41, 5.74) is 0.374. The van der Waals surface area contributed by atoms with Gasteiger partial charge >= 0.3 is 0 Å². The molecule has 1 rings (SSSR count).